The molecule has 6 bridgehead atoms. The molecule has 0 saturated heterocycles. The Bertz CT molecular complexity index is 733. The first-order valence-electron chi connectivity index (χ1n) is 8.59. The number of rotatable bonds is 2. The Labute approximate surface area is 143 Å². The Balaban J connectivity index is 1.24. The smallest absolute Gasteiger partial charge is 0.307 e. The molecule has 6 aliphatic carbocycles. The number of hydrogen-bond acceptors (Lipinski definition) is 2. The zero-order valence-electron chi connectivity index (χ0n) is 12.5. The Hall–Kier alpha value is -1.36. The van der Waals surface area contributed by atoms with Crippen molar-refractivity contribution in [2.45, 2.75) is 11.2 Å². The number of hydrazone groups is 1. The lowest BCUT2D eigenvalue weighted by atomic mass is 9.71. The highest BCUT2D eigenvalue weighted by Crippen LogP contribution is 2.82. The standard InChI is InChI=1S/C18H18BrN3O/c19-16-12-8-6-9-10(12)15-14(16)11(8)13(9)17(15)21-22-18(23)20-7-4-2-1-3-5-7/h1-5,8-16H,6H2,(H2,20,22,23)/b21-17-/t8-,9+,10-,11-,12-,13-,14-,15+,16+/m0/s1. The number of nitrogens with zero attached hydrogens (tertiary/aromatic N) is 1. The second-order valence-electron chi connectivity index (χ2n) is 7.84. The summed E-state index contributed by atoms with van der Waals surface area (Å²) in [6.07, 6.45) is 1.41. The van der Waals surface area contributed by atoms with E-state index in [9.17, 15) is 4.79 Å². The predicted octanol–water partition coefficient (Wildman–Crippen LogP) is 3.32. The van der Waals surface area contributed by atoms with Gasteiger partial charge in [0.1, 0.15) is 0 Å². The molecule has 9 atom stereocenters. The molecule has 0 radical (unpaired) electrons. The van der Waals surface area contributed by atoms with Gasteiger partial charge in [-0.25, -0.2) is 10.2 Å². The van der Waals surface area contributed by atoms with Gasteiger partial charge in [0.05, 0.1) is 0 Å². The third kappa shape index (κ3) is 1.40. The summed E-state index contributed by atoms with van der Waals surface area (Å²) in [5, 5.41) is 7.45. The minimum atomic E-state index is -0.238. The van der Waals surface area contributed by atoms with Crippen molar-refractivity contribution in [2.24, 2.45) is 52.4 Å². The molecule has 0 unspecified atom stereocenters. The molecule has 6 aliphatic rings. The second kappa shape index (κ2) is 4.18. The summed E-state index contributed by atoms with van der Waals surface area (Å²) in [5.41, 5.74) is 4.86. The summed E-state index contributed by atoms with van der Waals surface area (Å²) in [7, 11) is 0. The molecule has 2 amide bonds. The number of anilines is 1. The summed E-state index contributed by atoms with van der Waals surface area (Å²) in [4.78, 5) is 12.8. The van der Waals surface area contributed by atoms with Crippen molar-refractivity contribution in [1.29, 1.82) is 0 Å². The second-order valence-corrected chi connectivity index (χ2v) is 8.89. The molecule has 1 aromatic carbocycles. The van der Waals surface area contributed by atoms with Gasteiger partial charge in [-0.2, -0.15) is 5.10 Å². The molecule has 0 aliphatic heterocycles. The highest BCUT2D eigenvalue weighted by Gasteiger charge is 2.82. The summed E-state index contributed by atoms with van der Waals surface area (Å²) in [6, 6.07) is 9.28. The van der Waals surface area contributed by atoms with Crippen molar-refractivity contribution in [3.05, 3.63) is 30.3 Å². The number of amides is 2. The average molecular weight is 372 g/mol. The summed E-state index contributed by atoms with van der Waals surface area (Å²) < 4.78 is 0. The third-order valence-electron chi connectivity index (χ3n) is 7.36. The van der Waals surface area contributed by atoms with Gasteiger partial charge in [-0.05, 0) is 54.1 Å². The van der Waals surface area contributed by atoms with Crippen molar-refractivity contribution in [3.8, 4) is 0 Å². The molecule has 118 valence electrons. The maximum absolute atomic E-state index is 12.1. The molecule has 1 aromatic rings. The van der Waals surface area contributed by atoms with Crippen molar-refractivity contribution in [2.75, 3.05) is 5.32 Å². The van der Waals surface area contributed by atoms with Crippen LogP contribution in [0.1, 0.15) is 6.42 Å². The quantitative estimate of drug-likeness (QED) is 0.607. The zero-order valence-corrected chi connectivity index (χ0v) is 14.1. The van der Waals surface area contributed by atoms with Crippen LogP contribution in [0.15, 0.2) is 35.4 Å². The van der Waals surface area contributed by atoms with E-state index >= 15 is 0 Å². The Morgan fingerprint density at radius 2 is 1.83 bits per heavy atom. The van der Waals surface area contributed by atoms with Gasteiger partial charge in [-0.1, -0.05) is 34.1 Å². The van der Waals surface area contributed by atoms with E-state index in [1.54, 1.807) is 0 Å². The average Bonchev–Trinajstić information content (AvgIpc) is 3.28. The van der Waals surface area contributed by atoms with E-state index in [-0.39, 0.29) is 6.03 Å². The van der Waals surface area contributed by atoms with E-state index in [0.717, 1.165) is 41.2 Å². The number of para-hydroxylation sites is 1. The maximum Gasteiger partial charge on any atom is 0.339 e. The summed E-state index contributed by atoms with van der Waals surface area (Å²) >= 11 is 3.98. The van der Waals surface area contributed by atoms with E-state index < -0.39 is 0 Å². The molecule has 7 rings (SSSR count). The van der Waals surface area contributed by atoms with Crippen LogP contribution in [0, 0.1) is 47.3 Å². The fourth-order valence-corrected chi connectivity index (χ4v) is 8.60. The lowest BCUT2D eigenvalue weighted by molar-refractivity contribution is 0.132. The van der Waals surface area contributed by atoms with Gasteiger partial charge in [0, 0.05) is 28.1 Å². The molecule has 4 nitrogen and oxygen atoms in total. The SMILES string of the molecule is O=C(N/N=C1\[C@H]2[C@H]3[C@H](Br)[C@H]4[C@H]5C[C@@H]([C@H]1[C@H]53)[C@H]24)Nc1ccccc1. The molecular weight excluding hydrogens is 354 g/mol. The molecule has 23 heavy (non-hydrogen) atoms. The first-order valence-corrected chi connectivity index (χ1v) is 9.51. The minimum absolute atomic E-state index is 0.238. The molecule has 0 heterocycles. The van der Waals surface area contributed by atoms with Crippen LogP contribution in [0.3, 0.4) is 0 Å². The van der Waals surface area contributed by atoms with E-state index in [4.69, 9.17) is 0 Å². The largest absolute Gasteiger partial charge is 0.339 e. The highest BCUT2D eigenvalue weighted by atomic mass is 79.9. The van der Waals surface area contributed by atoms with Crippen molar-refractivity contribution >= 4 is 33.4 Å². The molecule has 0 spiro atoms. The van der Waals surface area contributed by atoms with E-state index in [1.807, 2.05) is 30.3 Å². The van der Waals surface area contributed by atoms with Gasteiger partial charge < -0.3 is 5.32 Å². The number of carbonyl (C=O) groups is 1. The van der Waals surface area contributed by atoms with Crippen molar-refractivity contribution in [3.63, 3.8) is 0 Å². The molecule has 2 N–H and O–H groups in total. The fourth-order valence-electron chi connectivity index (χ4n) is 7.17. The zero-order chi connectivity index (χ0) is 15.3. The van der Waals surface area contributed by atoms with Crippen molar-refractivity contribution in [1.82, 2.24) is 5.43 Å². The van der Waals surface area contributed by atoms with Crippen LogP contribution in [0.2, 0.25) is 0 Å². The Morgan fingerprint density at radius 1 is 1.04 bits per heavy atom. The van der Waals surface area contributed by atoms with Gasteiger partial charge >= 0.3 is 6.03 Å². The highest BCUT2D eigenvalue weighted by molar-refractivity contribution is 9.09. The monoisotopic (exact) mass is 371 g/mol. The number of alkyl halides is 1. The van der Waals surface area contributed by atoms with Gasteiger partial charge in [0.25, 0.3) is 0 Å². The van der Waals surface area contributed by atoms with Crippen LogP contribution >= 0.6 is 15.9 Å². The maximum atomic E-state index is 12.1. The van der Waals surface area contributed by atoms with Gasteiger partial charge in [0.2, 0.25) is 0 Å². The van der Waals surface area contributed by atoms with Gasteiger partial charge in [-0.3, -0.25) is 0 Å². The number of benzene rings is 1. The number of nitrogens with one attached hydrogen (secondary N) is 2. The first kappa shape index (κ1) is 13.0. The number of halogens is 1. The first-order chi connectivity index (χ1) is 11.3. The van der Waals surface area contributed by atoms with Crippen LogP contribution in [-0.2, 0) is 0 Å². The number of hydrogen-bond donors (Lipinski definition) is 2. The number of carbonyl (C=O) groups excluding carboxylic acids is 1. The van der Waals surface area contributed by atoms with Gasteiger partial charge in [0.15, 0.2) is 0 Å². The van der Waals surface area contributed by atoms with Crippen LogP contribution in [0.25, 0.3) is 0 Å². The van der Waals surface area contributed by atoms with Crippen molar-refractivity contribution < 1.29 is 4.79 Å². The van der Waals surface area contributed by atoms with E-state index in [0.29, 0.717) is 16.7 Å². The molecular formula is C18H18BrN3O. The number of urea groups is 1. The fraction of sp³-hybridized carbons (Fsp3) is 0.556. The topological polar surface area (TPSA) is 53.5 Å². The molecule has 5 heteroatoms. The van der Waals surface area contributed by atoms with Crippen LogP contribution in [-0.4, -0.2) is 16.6 Å². The van der Waals surface area contributed by atoms with Crippen LogP contribution < -0.4 is 10.7 Å². The lowest BCUT2D eigenvalue weighted by Gasteiger charge is -2.32. The van der Waals surface area contributed by atoms with Crippen LogP contribution in [0.4, 0.5) is 10.5 Å². The third-order valence-corrected chi connectivity index (χ3v) is 8.58. The predicted molar refractivity (Wildman–Crippen MR) is 91.3 cm³/mol. The molecule has 6 fully saturated rings. The Kier molecular flexibility index (Phi) is 2.36. The van der Waals surface area contributed by atoms with Crippen LogP contribution in [0.5, 0.6) is 0 Å². The minimum Gasteiger partial charge on any atom is -0.307 e. The normalized spacial score (nSPS) is 51.3. The summed E-state index contributed by atoms with van der Waals surface area (Å²) in [6.45, 7) is 0. The molecule has 0 aromatic heterocycles. The molecule has 6 saturated carbocycles. The Morgan fingerprint density at radius 3 is 2.61 bits per heavy atom. The lowest BCUT2D eigenvalue weighted by Crippen LogP contribution is -2.30. The summed E-state index contributed by atoms with van der Waals surface area (Å²) in [5.74, 6) is 6.47. The van der Waals surface area contributed by atoms with E-state index in [1.165, 1.54) is 12.1 Å². The van der Waals surface area contributed by atoms with Gasteiger partial charge in [-0.15, -0.1) is 0 Å². The van der Waals surface area contributed by atoms with E-state index in [2.05, 4.69) is 31.8 Å².